The topological polar surface area (TPSA) is 89.1 Å². The summed E-state index contributed by atoms with van der Waals surface area (Å²) >= 11 is 0. The summed E-state index contributed by atoms with van der Waals surface area (Å²) in [7, 11) is 1.70. The first kappa shape index (κ1) is 23.1. The Morgan fingerprint density at radius 3 is 2.03 bits per heavy atom. The van der Waals surface area contributed by atoms with E-state index in [-0.39, 0.29) is 5.41 Å². The van der Waals surface area contributed by atoms with Gasteiger partial charge in [0.2, 0.25) is 0 Å². The Labute approximate surface area is 179 Å². The van der Waals surface area contributed by atoms with E-state index in [4.69, 9.17) is 11.5 Å². The molecule has 0 bridgehead atoms. The van der Waals surface area contributed by atoms with Crippen LogP contribution in [-0.4, -0.2) is 26.2 Å². The van der Waals surface area contributed by atoms with Crippen LogP contribution in [0.15, 0.2) is 99.1 Å². The van der Waals surface area contributed by atoms with Crippen molar-refractivity contribution in [2.75, 3.05) is 7.05 Å². The fraction of sp³-hybridized carbons (Fsp3) is 0.240. The standard InChI is InChI=1S/C17H22N4.C8H9N/c1-16(2)11-10-13(20-3)14(16)15(21-4)17(18,19)12-8-6-5-7-9-12;1-9-7-8-5-3-2-4-6-8/h5-11H,3,18-19H2,1-2,4H3;2-6H,1,7H2. The molecule has 0 fully saturated rings. The van der Waals surface area contributed by atoms with Gasteiger partial charge in [-0.15, -0.1) is 0 Å². The van der Waals surface area contributed by atoms with Crippen LogP contribution in [0.1, 0.15) is 25.0 Å². The molecule has 5 nitrogen and oxygen atoms in total. The molecule has 30 heavy (non-hydrogen) atoms. The SMILES string of the molecule is C=NC1=C(C(=NC)C(N)(N)c2ccccc2)C(C)(C)C=C1.C=NCc1ccccc1. The lowest BCUT2D eigenvalue weighted by molar-refractivity contribution is 0.575. The van der Waals surface area contributed by atoms with Crippen molar-refractivity contribution < 1.29 is 0 Å². The van der Waals surface area contributed by atoms with E-state index in [1.807, 2.05) is 66.7 Å². The third kappa shape index (κ3) is 5.26. The van der Waals surface area contributed by atoms with Gasteiger partial charge in [0.25, 0.3) is 0 Å². The van der Waals surface area contributed by atoms with Crippen molar-refractivity contribution in [1.29, 1.82) is 0 Å². The van der Waals surface area contributed by atoms with Crippen molar-refractivity contribution in [2.24, 2.45) is 31.9 Å². The zero-order valence-corrected chi connectivity index (χ0v) is 18.0. The van der Waals surface area contributed by atoms with Gasteiger partial charge in [-0.2, -0.15) is 0 Å². The van der Waals surface area contributed by atoms with E-state index in [1.165, 1.54) is 5.56 Å². The molecule has 5 heteroatoms. The van der Waals surface area contributed by atoms with Crippen LogP contribution in [0.5, 0.6) is 0 Å². The van der Waals surface area contributed by atoms with Crippen LogP contribution in [-0.2, 0) is 12.2 Å². The zero-order valence-electron chi connectivity index (χ0n) is 18.0. The first-order chi connectivity index (χ1) is 14.3. The minimum absolute atomic E-state index is 0.232. The largest absolute Gasteiger partial charge is 0.305 e. The third-order valence-corrected chi connectivity index (χ3v) is 4.97. The van der Waals surface area contributed by atoms with Crippen LogP contribution >= 0.6 is 0 Å². The van der Waals surface area contributed by atoms with Crippen LogP contribution in [0.4, 0.5) is 0 Å². The molecule has 0 radical (unpaired) electrons. The summed E-state index contributed by atoms with van der Waals surface area (Å²) in [5.41, 5.74) is 15.8. The molecule has 1 aliphatic rings. The second-order valence-corrected chi connectivity index (χ2v) is 7.65. The fourth-order valence-electron chi connectivity index (χ4n) is 3.41. The van der Waals surface area contributed by atoms with Crippen LogP contribution in [0.3, 0.4) is 0 Å². The Kier molecular flexibility index (Phi) is 7.75. The molecule has 0 saturated heterocycles. The smallest absolute Gasteiger partial charge is 0.134 e. The van der Waals surface area contributed by atoms with Crippen molar-refractivity contribution in [3.8, 4) is 0 Å². The van der Waals surface area contributed by atoms with E-state index >= 15 is 0 Å². The summed E-state index contributed by atoms with van der Waals surface area (Å²) < 4.78 is 0. The Bertz CT molecular complexity index is 952. The number of hydrogen-bond donors (Lipinski definition) is 2. The van der Waals surface area contributed by atoms with Crippen LogP contribution < -0.4 is 11.5 Å². The third-order valence-electron chi connectivity index (χ3n) is 4.97. The predicted octanol–water partition coefficient (Wildman–Crippen LogP) is 4.27. The normalized spacial score (nSPS) is 15.4. The average molecular weight is 402 g/mol. The molecule has 0 heterocycles. The van der Waals surface area contributed by atoms with Crippen molar-refractivity contribution in [3.05, 3.63) is 95.2 Å². The Morgan fingerprint density at radius 1 is 0.967 bits per heavy atom. The number of benzene rings is 2. The lowest BCUT2D eigenvalue weighted by atomic mass is 9.78. The van der Waals surface area contributed by atoms with E-state index in [2.05, 4.69) is 48.3 Å². The van der Waals surface area contributed by atoms with Gasteiger partial charge < -0.3 is 11.5 Å². The highest BCUT2D eigenvalue weighted by atomic mass is 15.0. The number of nitrogens with two attached hydrogens (primary N) is 2. The monoisotopic (exact) mass is 401 g/mol. The molecular formula is C25H31N5. The molecule has 0 spiro atoms. The number of hydrogen-bond acceptors (Lipinski definition) is 5. The van der Waals surface area contributed by atoms with Gasteiger partial charge in [0.05, 0.1) is 18.0 Å². The second kappa shape index (κ2) is 10.1. The first-order valence-corrected chi connectivity index (χ1v) is 9.76. The van der Waals surface area contributed by atoms with Gasteiger partial charge in [0.1, 0.15) is 5.66 Å². The maximum atomic E-state index is 6.43. The predicted molar refractivity (Wildman–Crippen MR) is 129 cm³/mol. The molecule has 156 valence electrons. The average Bonchev–Trinajstić information content (AvgIpc) is 3.05. The summed E-state index contributed by atoms with van der Waals surface area (Å²) in [6, 6.07) is 19.6. The maximum absolute atomic E-state index is 6.43. The van der Waals surface area contributed by atoms with Gasteiger partial charge in [-0.3, -0.25) is 15.0 Å². The molecule has 3 rings (SSSR count). The summed E-state index contributed by atoms with van der Waals surface area (Å²) in [6.45, 7) is 11.9. The van der Waals surface area contributed by atoms with Crippen LogP contribution in [0.25, 0.3) is 0 Å². The van der Waals surface area contributed by atoms with Gasteiger partial charge in [-0.25, -0.2) is 0 Å². The number of rotatable bonds is 6. The number of nitrogens with zero attached hydrogens (tertiary/aromatic N) is 3. The molecule has 4 N–H and O–H groups in total. The molecule has 2 aromatic rings. The van der Waals surface area contributed by atoms with E-state index in [0.717, 1.165) is 23.4 Å². The molecule has 0 saturated carbocycles. The summed E-state index contributed by atoms with van der Waals surface area (Å²) in [5.74, 6) is 0. The lowest BCUT2D eigenvalue weighted by Crippen LogP contribution is -2.55. The Hall–Kier alpha value is -3.15. The fourth-order valence-corrected chi connectivity index (χ4v) is 3.41. The number of allylic oxidation sites excluding steroid dienone is 2. The van der Waals surface area contributed by atoms with Crippen molar-refractivity contribution >= 4 is 19.1 Å². The van der Waals surface area contributed by atoms with Crippen LogP contribution in [0.2, 0.25) is 0 Å². The van der Waals surface area contributed by atoms with Crippen molar-refractivity contribution in [2.45, 2.75) is 26.1 Å². The van der Waals surface area contributed by atoms with Crippen LogP contribution in [0, 0.1) is 5.41 Å². The summed E-state index contributed by atoms with van der Waals surface area (Å²) in [6.07, 6.45) is 4.01. The quantitative estimate of drug-likeness (QED) is 0.559. The molecule has 2 aromatic carbocycles. The second-order valence-electron chi connectivity index (χ2n) is 7.65. The van der Waals surface area contributed by atoms with E-state index < -0.39 is 5.66 Å². The molecular weight excluding hydrogens is 370 g/mol. The highest BCUT2D eigenvalue weighted by molar-refractivity contribution is 6.09. The molecule has 0 aromatic heterocycles. The molecule has 0 amide bonds. The van der Waals surface area contributed by atoms with Crippen molar-refractivity contribution in [1.82, 2.24) is 0 Å². The van der Waals surface area contributed by atoms with Gasteiger partial charge in [-0.1, -0.05) is 80.6 Å². The Balaban J connectivity index is 0.000000297. The minimum Gasteiger partial charge on any atom is -0.305 e. The van der Waals surface area contributed by atoms with Gasteiger partial charge in [0, 0.05) is 18.0 Å². The number of aliphatic imine (C=N–C) groups is 3. The lowest BCUT2D eigenvalue weighted by Gasteiger charge is -2.33. The highest BCUT2D eigenvalue weighted by Gasteiger charge is 2.39. The maximum Gasteiger partial charge on any atom is 0.134 e. The zero-order chi connectivity index (χ0) is 22.2. The van der Waals surface area contributed by atoms with E-state index in [1.54, 1.807) is 7.05 Å². The molecule has 0 unspecified atom stereocenters. The van der Waals surface area contributed by atoms with Gasteiger partial charge >= 0.3 is 0 Å². The highest BCUT2D eigenvalue weighted by Crippen LogP contribution is 2.40. The summed E-state index contributed by atoms with van der Waals surface area (Å²) in [5, 5.41) is 0. The van der Waals surface area contributed by atoms with Gasteiger partial charge in [0.15, 0.2) is 0 Å². The summed E-state index contributed by atoms with van der Waals surface area (Å²) in [4.78, 5) is 12.2. The Morgan fingerprint density at radius 2 is 1.53 bits per heavy atom. The molecule has 0 atom stereocenters. The first-order valence-electron chi connectivity index (χ1n) is 9.76. The molecule has 1 aliphatic carbocycles. The minimum atomic E-state index is -1.18. The van der Waals surface area contributed by atoms with Crippen molar-refractivity contribution in [3.63, 3.8) is 0 Å². The van der Waals surface area contributed by atoms with E-state index in [0.29, 0.717) is 5.71 Å². The van der Waals surface area contributed by atoms with Gasteiger partial charge in [-0.05, 0) is 30.6 Å². The van der Waals surface area contributed by atoms with E-state index in [9.17, 15) is 0 Å². The molecule has 0 aliphatic heterocycles.